The van der Waals surface area contributed by atoms with E-state index < -0.39 is 0 Å². The Morgan fingerprint density at radius 3 is 2.76 bits per heavy atom. The third-order valence-corrected chi connectivity index (χ3v) is 3.72. The van der Waals surface area contributed by atoms with Gasteiger partial charge in [0.05, 0.1) is 6.61 Å². The molecule has 0 radical (unpaired) electrons. The number of unbranched alkanes of at least 4 members (excludes halogenated alkanes) is 3. The second kappa shape index (κ2) is 7.79. The number of hydrogen-bond acceptors (Lipinski definition) is 3. The van der Waals surface area contributed by atoms with Crippen molar-refractivity contribution < 1.29 is 14.6 Å². The zero-order valence-electron chi connectivity index (χ0n) is 12.3. The Labute approximate surface area is 125 Å². The first-order valence-electron chi connectivity index (χ1n) is 7.48. The molecule has 1 aromatic carbocycles. The Morgan fingerprint density at radius 2 is 1.95 bits per heavy atom. The van der Waals surface area contributed by atoms with E-state index >= 15 is 0 Å². The molecule has 21 heavy (non-hydrogen) atoms. The van der Waals surface area contributed by atoms with Gasteiger partial charge in [-0.25, -0.2) is 4.79 Å². The zero-order chi connectivity index (χ0) is 15.1. The fourth-order valence-corrected chi connectivity index (χ4v) is 2.51. The Hall–Kier alpha value is -1.87. The standard InChI is InChI=1S/C18H22O3/c1-14(18(20)21-13-7-3-2-6-12-19)16-11-10-15-8-4-5-9-17(15)16/h4-5,8-11,16,19H,1-3,6-7,12-13H2. The summed E-state index contributed by atoms with van der Waals surface area (Å²) in [6.45, 7) is 4.55. The second-order valence-electron chi connectivity index (χ2n) is 5.26. The molecule has 2 rings (SSSR count). The number of fused-ring (bicyclic) bond motifs is 1. The minimum atomic E-state index is -0.316. The largest absolute Gasteiger partial charge is 0.462 e. The molecule has 0 fully saturated rings. The summed E-state index contributed by atoms with van der Waals surface area (Å²) in [6.07, 6.45) is 7.59. The minimum Gasteiger partial charge on any atom is -0.462 e. The maximum atomic E-state index is 12.0. The number of hydrogen-bond donors (Lipinski definition) is 1. The molecule has 0 saturated carbocycles. The van der Waals surface area contributed by atoms with Gasteiger partial charge in [-0.15, -0.1) is 0 Å². The van der Waals surface area contributed by atoms with Crippen molar-refractivity contribution in [1.29, 1.82) is 0 Å². The number of aliphatic hydroxyl groups is 1. The van der Waals surface area contributed by atoms with E-state index in [9.17, 15) is 4.79 Å². The molecule has 3 heteroatoms. The van der Waals surface area contributed by atoms with Crippen LogP contribution in [0.3, 0.4) is 0 Å². The summed E-state index contributed by atoms with van der Waals surface area (Å²) in [5.41, 5.74) is 2.74. The van der Waals surface area contributed by atoms with Crippen LogP contribution in [-0.4, -0.2) is 24.3 Å². The fraction of sp³-hybridized carbons (Fsp3) is 0.389. The molecule has 0 heterocycles. The van der Waals surface area contributed by atoms with Crippen LogP contribution in [0, 0.1) is 0 Å². The molecule has 112 valence electrons. The predicted molar refractivity (Wildman–Crippen MR) is 83.9 cm³/mol. The van der Waals surface area contributed by atoms with Crippen LogP contribution in [0.2, 0.25) is 0 Å². The minimum absolute atomic E-state index is 0.0666. The molecule has 0 aromatic heterocycles. The fourth-order valence-electron chi connectivity index (χ4n) is 2.51. The highest BCUT2D eigenvalue weighted by Gasteiger charge is 2.24. The van der Waals surface area contributed by atoms with E-state index in [-0.39, 0.29) is 18.5 Å². The number of carbonyl (C=O) groups excluding carboxylic acids is 1. The molecule has 1 aliphatic carbocycles. The van der Waals surface area contributed by atoms with Crippen molar-refractivity contribution >= 4 is 12.0 Å². The molecule has 1 aromatic rings. The number of esters is 1. The topological polar surface area (TPSA) is 46.5 Å². The Bertz CT molecular complexity index is 531. The molecule has 0 amide bonds. The van der Waals surface area contributed by atoms with Crippen LogP contribution in [0.5, 0.6) is 0 Å². The molecule has 3 nitrogen and oxygen atoms in total. The third-order valence-electron chi connectivity index (χ3n) is 3.72. The van der Waals surface area contributed by atoms with Crippen LogP contribution in [0.4, 0.5) is 0 Å². The molecular weight excluding hydrogens is 264 g/mol. The molecule has 0 aliphatic heterocycles. The lowest BCUT2D eigenvalue weighted by Crippen LogP contribution is -2.13. The van der Waals surface area contributed by atoms with E-state index in [1.165, 1.54) is 0 Å². The van der Waals surface area contributed by atoms with Crippen LogP contribution >= 0.6 is 0 Å². The lowest BCUT2D eigenvalue weighted by atomic mass is 9.94. The zero-order valence-corrected chi connectivity index (χ0v) is 12.3. The summed E-state index contributed by atoms with van der Waals surface area (Å²) >= 11 is 0. The van der Waals surface area contributed by atoms with Crippen molar-refractivity contribution in [1.82, 2.24) is 0 Å². The van der Waals surface area contributed by atoms with Crippen LogP contribution < -0.4 is 0 Å². The van der Waals surface area contributed by atoms with Crippen molar-refractivity contribution in [3.8, 4) is 0 Å². The van der Waals surface area contributed by atoms with Gasteiger partial charge in [0.25, 0.3) is 0 Å². The highest BCUT2D eigenvalue weighted by Crippen LogP contribution is 2.34. The molecular formula is C18H22O3. The van der Waals surface area contributed by atoms with E-state index in [1.54, 1.807) is 0 Å². The summed E-state index contributed by atoms with van der Waals surface area (Å²) in [5.74, 6) is -0.383. The molecule has 1 N–H and O–H groups in total. The van der Waals surface area contributed by atoms with Crippen molar-refractivity contribution in [3.05, 3.63) is 53.6 Å². The van der Waals surface area contributed by atoms with E-state index in [0.717, 1.165) is 36.8 Å². The lowest BCUT2D eigenvalue weighted by molar-refractivity contribution is -0.139. The van der Waals surface area contributed by atoms with Gasteiger partial charge in [0.2, 0.25) is 0 Å². The smallest absolute Gasteiger partial charge is 0.334 e. The molecule has 0 saturated heterocycles. The first-order valence-corrected chi connectivity index (χ1v) is 7.48. The Kier molecular flexibility index (Phi) is 5.76. The lowest BCUT2D eigenvalue weighted by Gasteiger charge is -2.13. The van der Waals surface area contributed by atoms with E-state index in [2.05, 4.69) is 6.58 Å². The summed E-state index contributed by atoms with van der Waals surface area (Å²) in [5, 5.41) is 8.68. The predicted octanol–water partition coefficient (Wildman–Crippen LogP) is 3.45. The van der Waals surface area contributed by atoms with E-state index in [4.69, 9.17) is 9.84 Å². The van der Waals surface area contributed by atoms with E-state index in [0.29, 0.717) is 12.2 Å². The molecule has 0 bridgehead atoms. The SMILES string of the molecule is C=C(C(=O)OCCCCCCO)C1C=Cc2ccccc21. The van der Waals surface area contributed by atoms with Gasteiger partial charge in [-0.05, 0) is 30.4 Å². The summed E-state index contributed by atoms with van der Waals surface area (Å²) < 4.78 is 5.28. The number of benzene rings is 1. The van der Waals surface area contributed by atoms with Gasteiger partial charge < -0.3 is 9.84 Å². The van der Waals surface area contributed by atoms with Gasteiger partial charge in [0, 0.05) is 18.1 Å². The van der Waals surface area contributed by atoms with Gasteiger partial charge in [0.1, 0.15) is 0 Å². The van der Waals surface area contributed by atoms with Crippen molar-refractivity contribution in [2.75, 3.05) is 13.2 Å². The molecule has 1 unspecified atom stereocenters. The highest BCUT2D eigenvalue weighted by atomic mass is 16.5. The van der Waals surface area contributed by atoms with Gasteiger partial charge in [0.15, 0.2) is 0 Å². The Balaban J connectivity index is 1.79. The first kappa shape index (κ1) is 15.5. The van der Waals surface area contributed by atoms with Gasteiger partial charge >= 0.3 is 5.97 Å². The number of allylic oxidation sites excluding steroid dienone is 1. The normalized spacial score (nSPS) is 15.8. The van der Waals surface area contributed by atoms with Crippen LogP contribution in [0.25, 0.3) is 6.08 Å². The maximum absolute atomic E-state index is 12.0. The monoisotopic (exact) mass is 286 g/mol. The summed E-state index contributed by atoms with van der Waals surface area (Å²) in [4.78, 5) is 12.0. The summed E-state index contributed by atoms with van der Waals surface area (Å²) in [7, 11) is 0. The maximum Gasteiger partial charge on any atom is 0.334 e. The average molecular weight is 286 g/mol. The number of aliphatic hydroxyl groups excluding tert-OH is 1. The number of rotatable bonds is 8. The first-order chi connectivity index (χ1) is 10.2. The summed E-state index contributed by atoms with van der Waals surface area (Å²) in [6, 6.07) is 8.01. The average Bonchev–Trinajstić information content (AvgIpc) is 2.93. The number of carbonyl (C=O) groups is 1. The van der Waals surface area contributed by atoms with Crippen LogP contribution in [0.1, 0.15) is 42.7 Å². The molecule has 0 spiro atoms. The third kappa shape index (κ3) is 4.05. The van der Waals surface area contributed by atoms with Crippen LogP contribution in [0.15, 0.2) is 42.5 Å². The van der Waals surface area contributed by atoms with Gasteiger partial charge in [-0.1, -0.05) is 49.4 Å². The van der Waals surface area contributed by atoms with E-state index in [1.807, 2.05) is 36.4 Å². The number of ether oxygens (including phenoxy) is 1. The van der Waals surface area contributed by atoms with Crippen molar-refractivity contribution in [2.24, 2.45) is 0 Å². The molecule has 1 aliphatic rings. The van der Waals surface area contributed by atoms with Crippen molar-refractivity contribution in [3.63, 3.8) is 0 Å². The van der Waals surface area contributed by atoms with Gasteiger partial charge in [-0.3, -0.25) is 0 Å². The second-order valence-corrected chi connectivity index (χ2v) is 5.26. The Morgan fingerprint density at radius 1 is 1.19 bits per heavy atom. The highest BCUT2D eigenvalue weighted by molar-refractivity contribution is 5.91. The molecule has 1 atom stereocenters. The quantitative estimate of drug-likeness (QED) is 0.452. The van der Waals surface area contributed by atoms with Crippen molar-refractivity contribution in [2.45, 2.75) is 31.6 Å². The van der Waals surface area contributed by atoms with Crippen LogP contribution in [-0.2, 0) is 9.53 Å². The van der Waals surface area contributed by atoms with Gasteiger partial charge in [-0.2, -0.15) is 0 Å².